The van der Waals surface area contributed by atoms with Crippen LogP contribution in [0.25, 0.3) is 6.08 Å². The van der Waals surface area contributed by atoms with Crippen molar-refractivity contribution < 1.29 is 9.53 Å². The van der Waals surface area contributed by atoms with E-state index >= 15 is 0 Å². The lowest BCUT2D eigenvalue weighted by atomic mass is 10.0. The molecule has 1 aromatic heterocycles. The smallest absolute Gasteiger partial charge is 0.262 e. The molecule has 1 N–H and O–H groups in total. The van der Waals surface area contributed by atoms with Gasteiger partial charge >= 0.3 is 0 Å². The Labute approximate surface area is 173 Å². The highest BCUT2D eigenvalue weighted by atomic mass is 79.9. The van der Waals surface area contributed by atoms with Crippen molar-refractivity contribution in [3.8, 4) is 11.8 Å². The zero-order valence-electron chi connectivity index (χ0n) is 15.7. The second-order valence-corrected chi connectivity index (χ2v) is 7.57. The Morgan fingerprint density at radius 2 is 2.11 bits per heavy atom. The maximum atomic E-state index is 12.7. The van der Waals surface area contributed by atoms with E-state index in [0.29, 0.717) is 22.8 Å². The van der Waals surface area contributed by atoms with Crippen LogP contribution in [0.4, 0.5) is 0 Å². The zero-order chi connectivity index (χ0) is 19.9. The molecule has 0 aliphatic heterocycles. The highest BCUT2D eigenvalue weighted by molar-refractivity contribution is 9.10. The van der Waals surface area contributed by atoms with Crippen LogP contribution in [0, 0.1) is 17.2 Å². The zero-order valence-corrected chi connectivity index (χ0v) is 17.3. The number of ether oxygens (including phenoxy) is 1. The van der Waals surface area contributed by atoms with E-state index in [1.165, 1.54) is 6.08 Å². The van der Waals surface area contributed by atoms with Crippen molar-refractivity contribution in [3.63, 3.8) is 0 Å². The summed E-state index contributed by atoms with van der Waals surface area (Å²) >= 11 is 3.30. The highest BCUT2D eigenvalue weighted by Gasteiger charge is 2.34. The molecule has 1 saturated carbocycles. The lowest BCUT2D eigenvalue weighted by Gasteiger charge is -2.19. The minimum Gasteiger partial charge on any atom is -0.494 e. The average Bonchev–Trinajstić information content (AvgIpc) is 3.54. The second-order valence-electron chi connectivity index (χ2n) is 6.76. The fraction of sp³-hybridized carbons (Fsp3) is 0.318. The van der Waals surface area contributed by atoms with Crippen LogP contribution in [0.2, 0.25) is 0 Å². The first-order valence-corrected chi connectivity index (χ1v) is 10.2. The number of hydrogen-bond donors (Lipinski definition) is 1. The van der Waals surface area contributed by atoms with Gasteiger partial charge in [0.1, 0.15) is 22.0 Å². The summed E-state index contributed by atoms with van der Waals surface area (Å²) in [5.74, 6) is 0.840. The van der Waals surface area contributed by atoms with Crippen LogP contribution in [0.15, 0.2) is 52.6 Å². The quantitative estimate of drug-likeness (QED) is 0.363. The Morgan fingerprint density at radius 1 is 1.36 bits per heavy atom. The topological polar surface area (TPSA) is 75.0 Å². The van der Waals surface area contributed by atoms with Gasteiger partial charge in [0.25, 0.3) is 5.91 Å². The van der Waals surface area contributed by atoms with E-state index in [1.54, 1.807) is 12.1 Å². The largest absolute Gasteiger partial charge is 0.494 e. The summed E-state index contributed by atoms with van der Waals surface area (Å²) in [5, 5.41) is 12.5. The van der Waals surface area contributed by atoms with Crippen molar-refractivity contribution in [2.75, 3.05) is 6.61 Å². The number of nitrogens with zero attached hydrogens (tertiary/aromatic N) is 2. The molecule has 6 heteroatoms. The third-order valence-corrected chi connectivity index (χ3v) is 4.93. The van der Waals surface area contributed by atoms with Crippen LogP contribution in [0.3, 0.4) is 0 Å². The number of amides is 1. The van der Waals surface area contributed by atoms with E-state index in [2.05, 4.69) is 33.2 Å². The number of nitriles is 1. The van der Waals surface area contributed by atoms with E-state index < -0.39 is 0 Å². The molecule has 3 rings (SSSR count). The van der Waals surface area contributed by atoms with Crippen molar-refractivity contribution >= 4 is 27.9 Å². The summed E-state index contributed by atoms with van der Waals surface area (Å²) < 4.78 is 6.28. The first-order valence-electron chi connectivity index (χ1n) is 9.38. The number of carbonyl (C=O) groups excluding carboxylic acids is 1. The van der Waals surface area contributed by atoms with Gasteiger partial charge in [0.15, 0.2) is 0 Å². The van der Waals surface area contributed by atoms with Gasteiger partial charge in [-0.05, 0) is 77.0 Å². The van der Waals surface area contributed by atoms with Crippen molar-refractivity contribution in [1.82, 2.24) is 10.3 Å². The van der Waals surface area contributed by atoms with Gasteiger partial charge in [0.05, 0.1) is 18.3 Å². The van der Waals surface area contributed by atoms with Gasteiger partial charge in [-0.1, -0.05) is 25.1 Å². The third-order valence-electron chi connectivity index (χ3n) is 4.49. The minimum atomic E-state index is -0.382. The molecule has 1 aliphatic rings. The molecule has 1 unspecified atom stereocenters. The molecule has 1 fully saturated rings. The normalized spacial score (nSPS) is 14.8. The lowest BCUT2D eigenvalue weighted by molar-refractivity contribution is -0.117. The predicted molar refractivity (Wildman–Crippen MR) is 111 cm³/mol. The van der Waals surface area contributed by atoms with Crippen LogP contribution in [-0.4, -0.2) is 17.5 Å². The molecule has 0 spiro atoms. The molecule has 1 atom stereocenters. The SMILES string of the molecule is CCCOc1ccc(C(NC(=O)/C(C#N)=C/c2cccc(Br)n2)C2CC2)cc1. The van der Waals surface area contributed by atoms with E-state index in [1.807, 2.05) is 36.4 Å². The molecule has 1 aliphatic carbocycles. The Bertz CT molecular complexity index is 899. The summed E-state index contributed by atoms with van der Waals surface area (Å²) in [6.07, 6.45) is 4.60. The summed E-state index contributed by atoms with van der Waals surface area (Å²) in [7, 11) is 0. The van der Waals surface area contributed by atoms with Crippen LogP contribution < -0.4 is 10.1 Å². The maximum Gasteiger partial charge on any atom is 0.262 e. The molecule has 2 aromatic rings. The first-order chi connectivity index (χ1) is 13.6. The van der Waals surface area contributed by atoms with Crippen LogP contribution in [-0.2, 0) is 4.79 Å². The second kappa shape index (κ2) is 9.52. The van der Waals surface area contributed by atoms with Crippen LogP contribution in [0.5, 0.6) is 5.75 Å². The van der Waals surface area contributed by atoms with E-state index in [-0.39, 0.29) is 17.5 Å². The number of halogens is 1. The number of pyridine rings is 1. The molecule has 144 valence electrons. The van der Waals surface area contributed by atoms with Gasteiger partial charge in [-0.2, -0.15) is 5.26 Å². The Hall–Kier alpha value is -2.65. The average molecular weight is 440 g/mol. The molecule has 28 heavy (non-hydrogen) atoms. The van der Waals surface area contributed by atoms with Crippen LogP contribution in [0.1, 0.15) is 43.5 Å². The van der Waals surface area contributed by atoms with Crippen LogP contribution >= 0.6 is 15.9 Å². The van der Waals surface area contributed by atoms with Gasteiger partial charge in [0, 0.05) is 0 Å². The Balaban J connectivity index is 1.74. The summed E-state index contributed by atoms with van der Waals surface area (Å²) in [6, 6.07) is 15.1. The van der Waals surface area contributed by atoms with E-state index in [9.17, 15) is 10.1 Å². The molecular formula is C22H22BrN3O2. The fourth-order valence-electron chi connectivity index (χ4n) is 2.91. The van der Waals surface area contributed by atoms with Gasteiger partial charge in [-0.15, -0.1) is 0 Å². The molecule has 1 heterocycles. The monoisotopic (exact) mass is 439 g/mol. The standard InChI is InChI=1S/C22H22BrN3O2/c1-2-12-28-19-10-8-16(9-11-19)21(15-6-7-15)26-22(27)17(14-24)13-18-4-3-5-20(23)25-18/h3-5,8-11,13,15,21H,2,6-7,12H2,1H3,(H,26,27)/b17-13+. The van der Waals surface area contributed by atoms with Crippen molar-refractivity contribution in [2.45, 2.75) is 32.2 Å². The van der Waals surface area contributed by atoms with Gasteiger partial charge < -0.3 is 10.1 Å². The number of rotatable bonds is 8. The lowest BCUT2D eigenvalue weighted by Crippen LogP contribution is -2.30. The van der Waals surface area contributed by atoms with E-state index in [0.717, 1.165) is 30.6 Å². The maximum absolute atomic E-state index is 12.7. The Kier molecular flexibility index (Phi) is 6.83. The summed E-state index contributed by atoms with van der Waals surface area (Å²) in [4.78, 5) is 17.0. The molecule has 1 amide bonds. The van der Waals surface area contributed by atoms with Gasteiger partial charge in [0.2, 0.25) is 0 Å². The highest BCUT2D eigenvalue weighted by Crippen LogP contribution is 2.41. The van der Waals surface area contributed by atoms with Crippen molar-refractivity contribution in [2.24, 2.45) is 5.92 Å². The summed E-state index contributed by atoms with van der Waals surface area (Å²) in [6.45, 7) is 2.75. The summed E-state index contributed by atoms with van der Waals surface area (Å²) in [5.41, 5.74) is 1.62. The van der Waals surface area contributed by atoms with Crippen molar-refractivity contribution in [3.05, 3.63) is 63.9 Å². The number of aromatic nitrogens is 1. The number of carbonyl (C=O) groups is 1. The Morgan fingerprint density at radius 3 is 2.71 bits per heavy atom. The molecule has 5 nitrogen and oxygen atoms in total. The molecule has 0 bridgehead atoms. The number of nitrogens with one attached hydrogen (secondary N) is 1. The molecule has 0 saturated heterocycles. The predicted octanol–water partition coefficient (Wildman–Crippen LogP) is 4.81. The molecule has 1 aromatic carbocycles. The third kappa shape index (κ3) is 5.43. The number of hydrogen-bond acceptors (Lipinski definition) is 4. The van der Waals surface area contributed by atoms with Crippen molar-refractivity contribution in [1.29, 1.82) is 5.26 Å². The van der Waals surface area contributed by atoms with Gasteiger partial charge in [-0.25, -0.2) is 4.98 Å². The van der Waals surface area contributed by atoms with Gasteiger partial charge in [-0.3, -0.25) is 4.79 Å². The first kappa shape index (κ1) is 20.1. The molecule has 0 radical (unpaired) electrons. The fourth-order valence-corrected chi connectivity index (χ4v) is 3.27. The molecular weight excluding hydrogens is 418 g/mol. The van der Waals surface area contributed by atoms with E-state index in [4.69, 9.17) is 4.74 Å². The minimum absolute atomic E-state index is 0.0409. The number of benzene rings is 1.